The molecule has 2 aliphatic rings. The van der Waals surface area contributed by atoms with Crippen LogP contribution in [0, 0.1) is 12.8 Å². The van der Waals surface area contributed by atoms with Gasteiger partial charge in [0.1, 0.15) is 11.6 Å². The summed E-state index contributed by atoms with van der Waals surface area (Å²) < 4.78 is 10.8. The fourth-order valence-electron chi connectivity index (χ4n) is 3.44. The monoisotopic (exact) mass is 366 g/mol. The second-order valence-corrected chi connectivity index (χ2v) is 6.37. The highest BCUT2D eigenvalue weighted by Gasteiger charge is 2.56. The summed E-state index contributed by atoms with van der Waals surface area (Å²) in [4.78, 5) is 32.4. The highest BCUT2D eigenvalue weighted by molar-refractivity contribution is 6.32. The van der Waals surface area contributed by atoms with E-state index in [2.05, 4.69) is 5.16 Å². The normalized spacial score (nSPS) is 21.0. The Balaban J connectivity index is 1.74. The molecular weight excluding hydrogens is 348 g/mol. The number of imide groups is 1. The molecule has 7 heteroatoms. The van der Waals surface area contributed by atoms with Crippen molar-refractivity contribution in [1.82, 2.24) is 0 Å². The molecule has 0 unspecified atom stereocenters. The van der Waals surface area contributed by atoms with E-state index in [1.54, 1.807) is 30.3 Å². The van der Waals surface area contributed by atoms with Crippen molar-refractivity contribution in [1.29, 1.82) is 0 Å². The Morgan fingerprint density at radius 1 is 1.00 bits per heavy atom. The molecule has 2 amide bonds. The standard InChI is InChI=1S/C20H18N2O5/c1-11-7-9-12(10-8-11)22-19(23)15-16(21-27-18(15)20(22)24)13-5-4-6-14(25-2)17(13)26-3/h4-10,15,18H,1-3H3/t15-,18-/m1/s1. The van der Waals surface area contributed by atoms with E-state index in [0.717, 1.165) is 10.5 Å². The molecule has 0 spiro atoms. The molecule has 1 saturated heterocycles. The molecule has 2 heterocycles. The number of rotatable bonds is 4. The third-order valence-electron chi connectivity index (χ3n) is 4.78. The van der Waals surface area contributed by atoms with Gasteiger partial charge >= 0.3 is 0 Å². The smallest absolute Gasteiger partial charge is 0.278 e. The van der Waals surface area contributed by atoms with Crippen LogP contribution in [0.3, 0.4) is 0 Å². The summed E-state index contributed by atoms with van der Waals surface area (Å²) in [6.07, 6.45) is -0.968. The zero-order chi connectivity index (χ0) is 19.1. The summed E-state index contributed by atoms with van der Waals surface area (Å²) in [5.74, 6) is -0.658. The Kier molecular flexibility index (Phi) is 4.07. The van der Waals surface area contributed by atoms with Gasteiger partial charge in [-0.15, -0.1) is 0 Å². The predicted molar refractivity (Wildman–Crippen MR) is 98.1 cm³/mol. The molecule has 0 aromatic heterocycles. The number of fused-ring (bicyclic) bond motifs is 1. The van der Waals surface area contributed by atoms with Crippen molar-refractivity contribution in [3.8, 4) is 11.5 Å². The van der Waals surface area contributed by atoms with Gasteiger partial charge < -0.3 is 14.3 Å². The summed E-state index contributed by atoms with van der Waals surface area (Å²) in [6.45, 7) is 1.94. The third kappa shape index (κ3) is 2.54. The number of hydrogen-bond acceptors (Lipinski definition) is 6. The van der Waals surface area contributed by atoms with Gasteiger partial charge in [0.05, 0.1) is 19.9 Å². The molecule has 2 aliphatic heterocycles. The summed E-state index contributed by atoms with van der Waals surface area (Å²) in [7, 11) is 3.04. The van der Waals surface area contributed by atoms with E-state index in [-0.39, 0.29) is 5.91 Å². The van der Waals surface area contributed by atoms with Crippen LogP contribution in [-0.4, -0.2) is 37.8 Å². The van der Waals surface area contributed by atoms with E-state index in [1.807, 2.05) is 19.1 Å². The molecule has 27 heavy (non-hydrogen) atoms. The lowest BCUT2D eigenvalue weighted by molar-refractivity contribution is -0.126. The average Bonchev–Trinajstić information content (AvgIpc) is 3.22. The number of carbonyl (C=O) groups excluding carboxylic acids is 2. The first-order valence-corrected chi connectivity index (χ1v) is 8.46. The third-order valence-corrected chi connectivity index (χ3v) is 4.78. The SMILES string of the molecule is COc1cccc(C2=NO[C@H]3C(=O)N(c4ccc(C)cc4)C(=O)[C@H]23)c1OC. The van der Waals surface area contributed by atoms with Crippen molar-refractivity contribution >= 4 is 23.2 Å². The van der Waals surface area contributed by atoms with Crippen LogP contribution < -0.4 is 14.4 Å². The molecule has 0 aliphatic carbocycles. The van der Waals surface area contributed by atoms with Crippen molar-refractivity contribution in [2.24, 2.45) is 11.1 Å². The fraction of sp³-hybridized carbons (Fsp3) is 0.250. The lowest BCUT2D eigenvalue weighted by Crippen LogP contribution is -2.33. The van der Waals surface area contributed by atoms with Crippen molar-refractivity contribution in [3.63, 3.8) is 0 Å². The number of hydrogen-bond donors (Lipinski definition) is 0. The number of nitrogens with zero attached hydrogens (tertiary/aromatic N) is 2. The van der Waals surface area contributed by atoms with Crippen LogP contribution in [0.25, 0.3) is 0 Å². The average molecular weight is 366 g/mol. The minimum Gasteiger partial charge on any atom is -0.493 e. The van der Waals surface area contributed by atoms with Crippen LogP contribution in [0.1, 0.15) is 11.1 Å². The number of ether oxygens (including phenoxy) is 2. The molecule has 2 atom stereocenters. The van der Waals surface area contributed by atoms with Crippen LogP contribution in [0.2, 0.25) is 0 Å². The molecule has 0 saturated carbocycles. The summed E-state index contributed by atoms with van der Waals surface area (Å²) in [5, 5.41) is 4.03. The van der Waals surface area contributed by atoms with Gasteiger partial charge in [-0.25, -0.2) is 4.90 Å². The largest absolute Gasteiger partial charge is 0.493 e. The quantitative estimate of drug-likeness (QED) is 0.776. The lowest BCUT2D eigenvalue weighted by atomic mass is 9.93. The minimum atomic E-state index is -0.968. The van der Waals surface area contributed by atoms with E-state index >= 15 is 0 Å². The van der Waals surface area contributed by atoms with E-state index in [4.69, 9.17) is 14.3 Å². The Hall–Kier alpha value is -3.35. The van der Waals surface area contributed by atoms with Gasteiger partial charge in [-0.1, -0.05) is 28.9 Å². The van der Waals surface area contributed by atoms with Crippen molar-refractivity contribution in [2.75, 3.05) is 19.1 Å². The molecule has 1 fully saturated rings. The van der Waals surface area contributed by atoms with E-state index < -0.39 is 17.9 Å². The summed E-state index contributed by atoms with van der Waals surface area (Å²) in [6, 6.07) is 12.5. The first-order chi connectivity index (χ1) is 13.1. The van der Waals surface area contributed by atoms with Gasteiger partial charge in [-0.05, 0) is 31.2 Å². The van der Waals surface area contributed by atoms with Crippen molar-refractivity contribution in [3.05, 3.63) is 53.6 Å². The number of para-hydroxylation sites is 1. The highest BCUT2D eigenvalue weighted by Crippen LogP contribution is 2.39. The zero-order valence-electron chi connectivity index (χ0n) is 15.1. The Morgan fingerprint density at radius 3 is 2.41 bits per heavy atom. The van der Waals surface area contributed by atoms with Gasteiger partial charge in [0, 0.05) is 5.56 Å². The molecule has 0 radical (unpaired) electrons. The van der Waals surface area contributed by atoms with Crippen LogP contribution in [-0.2, 0) is 14.4 Å². The van der Waals surface area contributed by atoms with E-state index in [9.17, 15) is 9.59 Å². The Morgan fingerprint density at radius 2 is 1.74 bits per heavy atom. The molecule has 4 rings (SSSR count). The lowest BCUT2D eigenvalue weighted by Gasteiger charge is -2.16. The maximum absolute atomic E-state index is 13.1. The number of amides is 2. The second-order valence-electron chi connectivity index (χ2n) is 6.37. The van der Waals surface area contributed by atoms with Crippen LogP contribution in [0.15, 0.2) is 47.6 Å². The topological polar surface area (TPSA) is 77.4 Å². The molecule has 2 aromatic rings. The molecular formula is C20H18N2O5. The number of oxime groups is 1. The van der Waals surface area contributed by atoms with Crippen molar-refractivity contribution in [2.45, 2.75) is 13.0 Å². The van der Waals surface area contributed by atoms with Gasteiger partial charge in [-0.2, -0.15) is 0 Å². The van der Waals surface area contributed by atoms with Gasteiger partial charge in [-0.3, -0.25) is 9.59 Å². The van der Waals surface area contributed by atoms with E-state index in [1.165, 1.54) is 14.2 Å². The van der Waals surface area contributed by atoms with Crippen LogP contribution in [0.4, 0.5) is 5.69 Å². The molecule has 138 valence electrons. The molecule has 0 N–H and O–H groups in total. The molecule has 7 nitrogen and oxygen atoms in total. The van der Waals surface area contributed by atoms with Gasteiger partial charge in [0.2, 0.25) is 12.0 Å². The number of benzene rings is 2. The summed E-state index contributed by atoms with van der Waals surface area (Å²) >= 11 is 0. The molecule has 0 bridgehead atoms. The minimum absolute atomic E-state index is 0.365. The second kappa shape index (κ2) is 6.42. The molecule has 2 aromatic carbocycles. The number of anilines is 1. The fourth-order valence-corrected chi connectivity index (χ4v) is 3.44. The first kappa shape index (κ1) is 17.1. The number of aryl methyl sites for hydroxylation is 1. The number of carbonyl (C=O) groups is 2. The Bertz CT molecular complexity index is 951. The highest BCUT2D eigenvalue weighted by atomic mass is 16.7. The van der Waals surface area contributed by atoms with Crippen LogP contribution in [0.5, 0.6) is 11.5 Å². The maximum atomic E-state index is 13.1. The number of methoxy groups -OCH3 is 2. The van der Waals surface area contributed by atoms with E-state index in [0.29, 0.717) is 28.5 Å². The van der Waals surface area contributed by atoms with Crippen molar-refractivity contribution < 1.29 is 23.9 Å². The predicted octanol–water partition coefficient (Wildman–Crippen LogP) is 2.30. The van der Waals surface area contributed by atoms with Gasteiger partial charge in [0.15, 0.2) is 11.5 Å². The van der Waals surface area contributed by atoms with Crippen LogP contribution >= 0.6 is 0 Å². The first-order valence-electron chi connectivity index (χ1n) is 8.46. The summed E-state index contributed by atoms with van der Waals surface area (Å²) in [5.41, 5.74) is 2.49. The Labute approximate surface area is 156 Å². The van der Waals surface area contributed by atoms with Gasteiger partial charge in [0.25, 0.3) is 5.91 Å². The maximum Gasteiger partial charge on any atom is 0.278 e. The zero-order valence-corrected chi connectivity index (χ0v) is 15.1.